The second-order valence-corrected chi connectivity index (χ2v) is 7.94. The fourth-order valence-corrected chi connectivity index (χ4v) is 3.20. The van der Waals surface area contributed by atoms with Crippen molar-refractivity contribution in [3.05, 3.63) is 28.8 Å². The summed E-state index contributed by atoms with van der Waals surface area (Å²) in [7, 11) is 0. The molecule has 144 valence electrons. The van der Waals surface area contributed by atoms with Gasteiger partial charge < -0.3 is 4.74 Å². The van der Waals surface area contributed by atoms with Crippen LogP contribution in [0.15, 0.2) is 6.07 Å². The molecule has 0 aliphatic carbocycles. The van der Waals surface area contributed by atoms with Gasteiger partial charge in [-0.05, 0) is 62.1 Å². The summed E-state index contributed by atoms with van der Waals surface area (Å²) in [6, 6.07) is 1.64. The van der Waals surface area contributed by atoms with Crippen molar-refractivity contribution in [1.82, 2.24) is 0 Å². The fourth-order valence-electron chi connectivity index (χ4n) is 3.20. The summed E-state index contributed by atoms with van der Waals surface area (Å²) in [6.45, 7) is 14.3. The second kappa shape index (κ2) is 10.1. The normalized spacial score (nSPS) is 16.4. The second-order valence-electron chi connectivity index (χ2n) is 7.94. The third kappa shape index (κ3) is 6.27. The van der Waals surface area contributed by atoms with Crippen molar-refractivity contribution in [2.45, 2.75) is 86.7 Å². The molecule has 0 saturated carbocycles. The SMILES string of the molecule is CCCCC(C)C(C)CCC(C)C(C)Oc1c(C)cc(C)c(F)c1F. The third-order valence-corrected chi connectivity index (χ3v) is 5.70. The Morgan fingerprint density at radius 1 is 0.840 bits per heavy atom. The van der Waals surface area contributed by atoms with Gasteiger partial charge in [0, 0.05) is 0 Å². The van der Waals surface area contributed by atoms with E-state index in [4.69, 9.17) is 4.74 Å². The Morgan fingerprint density at radius 2 is 1.40 bits per heavy atom. The number of unbranched alkanes of at least 4 members (excludes halogenated alkanes) is 1. The molecule has 0 saturated heterocycles. The molecule has 0 aliphatic heterocycles. The molecule has 4 unspecified atom stereocenters. The molecule has 25 heavy (non-hydrogen) atoms. The first-order chi connectivity index (χ1) is 11.7. The van der Waals surface area contributed by atoms with Crippen LogP contribution in [0.25, 0.3) is 0 Å². The number of hydrogen-bond acceptors (Lipinski definition) is 1. The predicted molar refractivity (Wildman–Crippen MR) is 102 cm³/mol. The Morgan fingerprint density at radius 3 is 2.00 bits per heavy atom. The number of ether oxygens (including phenoxy) is 1. The first-order valence-corrected chi connectivity index (χ1v) is 9.80. The number of rotatable bonds is 10. The van der Waals surface area contributed by atoms with E-state index in [1.54, 1.807) is 19.9 Å². The molecule has 1 nitrogen and oxygen atoms in total. The van der Waals surface area contributed by atoms with E-state index in [0.29, 0.717) is 23.0 Å². The van der Waals surface area contributed by atoms with E-state index in [-0.39, 0.29) is 11.9 Å². The minimum atomic E-state index is -0.863. The van der Waals surface area contributed by atoms with E-state index >= 15 is 0 Å². The molecule has 3 heteroatoms. The van der Waals surface area contributed by atoms with E-state index < -0.39 is 11.6 Å². The lowest BCUT2D eigenvalue weighted by atomic mass is 9.85. The van der Waals surface area contributed by atoms with Gasteiger partial charge in [-0.2, -0.15) is 4.39 Å². The Bertz CT molecular complexity index is 541. The molecular formula is C22H36F2O. The Balaban J connectivity index is 2.60. The van der Waals surface area contributed by atoms with E-state index in [1.165, 1.54) is 19.3 Å². The molecule has 0 fully saturated rings. The van der Waals surface area contributed by atoms with Gasteiger partial charge in [0.1, 0.15) is 0 Å². The summed E-state index contributed by atoms with van der Waals surface area (Å²) in [6.07, 6.45) is 5.85. The third-order valence-electron chi connectivity index (χ3n) is 5.70. The molecule has 0 bridgehead atoms. The van der Waals surface area contributed by atoms with Crippen molar-refractivity contribution >= 4 is 0 Å². The van der Waals surface area contributed by atoms with Crippen LogP contribution in [0.5, 0.6) is 5.75 Å². The summed E-state index contributed by atoms with van der Waals surface area (Å²) in [5.74, 6) is 0.0958. The standard InChI is InChI=1S/C22H36F2O/c1-8-9-10-14(2)15(3)11-12-16(4)19(7)25-22-18(6)13-17(5)20(23)21(22)24/h13-16,19H,8-12H2,1-7H3. The highest BCUT2D eigenvalue weighted by atomic mass is 19.2. The first kappa shape index (κ1) is 21.9. The molecule has 0 heterocycles. The summed E-state index contributed by atoms with van der Waals surface area (Å²) >= 11 is 0. The van der Waals surface area contributed by atoms with Crippen LogP contribution in [0.2, 0.25) is 0 Å². The molecule has 0 radical (unpaired) electrons. The lowest BCUT2D eigenvalue weighted by Crippen LogP contribution is -2.23. The number of hydrogen-bond donors (Lipinski definition) is 0. The van der Waals surface area contributed by atoms with Gasteiger partial charge in [-0.3, -0.25) is 0 Å². The zero-order valence-corrected chi connectivity index (χ0v) is 17.1. The van der Waals surface area contributed by atoms with E-state index in [9.17, 15) is 8.78 Å². The van der Waals surface area contributed by atoms with E-state index in [1.807, 2.05) is 6.92 Å². The molecule has 1 aromatic rings. The fraction of sp³-hybridized carbons (Fsp3) is 0.727. The maximum Gasteiger partial charge on any atom is 0.201 e. The number of aryl methyl sites for hydroxylation is 2. The van der Waals surface area contributed by atoms with Crippen LogP contribution in [0.4, 0.5) is 8.78 Å². The molecule has 0 aromatic heterocycles. The molecule has 4 atom stereocenters. The highest BCUT2D eigenvalue weighted by Crippen LogP contribution is 2.30. The van der Waals surface area contributed by atoms with Gasteiger partial charge in [-0.1, -0.05) is 53.4 Å². The van der Waals surface area contributed by atoms with Gasteiger partial charge in [0.05, 0.1) is 6.10 Å². The topological polar surface area (TPSA) is 9.23 Å². The molecule has 1 aromatic carbocycles. The van der Waals surface area contributed by atoms with Crippen molar-refractivity contribution in [1.29, 1.82) is 0 Å². The summed E-state index contributed by atoms with van der Waals surface area (Å²) < 4.78 is 33.8. The molecule has 0 amide bonds. The zero-order chi connectivity index (χ0) is 19.1. The Kier molecular flexibility index (Phi) is 8.88. The molecule has 0 spiro atoms. The van der Waals surface area contributed by atoms with Crippen molar-refractivity contribution in [2.24, 2.45) is 17.8 Å². The highest BCUT2D eigenvalue weighted by molar-refractivity contribution is 5.38. The lowest BCUT2D eigenvalue weighted by molar-refractivity contribution is 0.138. The Hall–Kier alpha value is -1.12. The van der Waals surface area contributed by atoms with Gasteiger partial charge in [-0.25, -0.2) is 4.39 Å². The van der Waals surface area contributed by atoms with Crippen LogP contribution in [0.1, 0.15) is 77.8 Å². The molecule has 0 N–H and O–H groups in total. The van der Waals surface area contributed by atoms with E-state index in [0.717, 1.165) is 18.8 Å². The monoisotopic (exact) mass is 354 g/mol. The average molecular weight is 355 g/mol. The number of benzene rings is 1. The van der Waals surface area contributed by atoms with Crippen LogP contribution in [-0.4, -0.2) is 6.10 Å². The lowest BCUT2D eigenvalue weighted by Gasteiger charge is -2.26. The van der Waals surface area contributed by atoms with Crippen molar-refractivity contribution in [3.8, 4) is 5.75 Å². The largest absolute Gasteiger partial charge is 0.487 e. The minimum absolute atomic E-state index is 0.0619. The van der Waals surface area contributed by atoms with E-state index in [2.05, 4.69) is 27.7 Å². The van der Waals surface area contributed by atoms with Crippen LogP contribution < -0.4 is 4.74 Å². The maximum atomic E-state index is 14.2. The molecule has 0 aliphatic rings. The first-order valence-electron chi connectivity index (χ1n) is 9.80. The van der Waals surface area contributed by atoms with Gasteiger partial charge in [0.25, 0.3) is 0 Å². The smallest absolute Gasteiger partial charge is 0.201 e. The number of halogens is 2. The van der Waals surface area contributed by atoms with Crippen LogP contribution in [-0.2, 0) is 0 Å². The molecular weight excluding hydrogens is 318 g/mol. The summed E-state index contributed by atoms with van der Waals surface area (Å²) in [4.78, 5) is 0. The maximum absolute atomic E-state index is 14.2. The summed E-state index contributed by atoms with van der Waals surface area (Å²) in [5.41, 5.74) is 0.968. The Labute approximate surface area is 153 Å². The predicted octanol–water partition coefficient (Wildman–Crippen LogP) is 7.23. The van der Waals surface area contributed by atoms with Crippen LogP contribution in [0, 0.1) is 43.2 Å². The summed E-state index contributed by atoms with van der Waals surface area (Å²) in [5, 5.41) is 0. The van der Waals surface area contributed by atoms with Gasteiger partial charge in [0.2, 0.25) is 5.82 Å². The van der Waals surface area contributed by atoms with Crippen LogP contribution >= 0.6 is 0 Å². The quantitative estimate of drug-likeness (QED) is 0.431. The average Bonchev–Trinajstić information content (AvgIpc) is 2.58. The zero-order valence-electron chi connectivity index (χ0n) is 17.1. The van der Waals surface area contributed by atoms with Gasteiger partial charge in [0.15, 0.2) is 11.6 Å². The van der Waals surface area contributed by atoms with Crippen LogP contribution in [0.3, 0.4) is 0 Å². The van der Waals surface area contributed by atoms with Crippen molar-refractivity contribution in [3.63, 3.8) is 0 Å². The minimum Gasteiger partial charge on any atom is -0.487 e. The molecule has 1 rings (SSSR count). The van der Waals surface area contributed by atoms with Crippen molar-refractivity contribution in [2.75, 3.05) is 0 Å². The van der Waals surface area contributed by atoms with Gasteiger partial charge >= 0.3 is 0 Å². The highest BCUT2D eigenvalue weighted by Gasteiger charge is 2.22. The van der Waals surface area contributed by atoms with Crippen molar-refractivity contribution < 1.29 is 13.5 Å². The van der Waals surface area contributed by atoms with Gasteiger partial charge in [-0.15, -0.1) is 0 Å².